The monoisotopic (exact) mass is 228 g/mol. The zero-order chi connectivity index (χ0) is 11.6. The van der Waals surface area contributed by atoms with E-state index in [1.165, 1.54) is 19.2 Å². The lowest BCUT2D eigenvalue weighted by Crippen LogP contribution is -2.22. The minimum atomic E-state index is -2.47. The number of benzene rings is 1. The second-order valence-corrected chi connectivity index (χ2v) is 4.02. The Kier molecular flexibility index (Phi) is 3.43. The second kappa shape index (κ2) is 4.41. The van der Waals surface area contributed by atoms with Gasteiger partial charge in [-0.1, -0.05) is 11.6 Å². The molecular weight excluding hydrogens is 218 g/mol. The molecule has 0 aliphatic heterocycles. The Morgan fingerprint density at radius 2 is 2.13 bits per heavy atom. The highest BCUT2D eigenvalue weighted by molar-refractivity contribution is 7.80. The number of carbonyl (C=O) groups is 1. The summed E-state index contributed by atoms with van der Waals surface area (Å²) in [6.45, 7) is 1.74. The smallest absolute Gasteiger partial charge is 0.337 e. The summed E-state index contributed by atoms with van der Waals surface area (Å²) in [7, 11) is 1.29. The fourth-order valence-electron chi connectivity index (χ4n) is 1.18. The first-order chi connectivity index (χ1) is 6.93. The van der Waals surface area contributed by atoms with E-state index < -0.39 is 17.2 Å². The van der Waals surface area contributed by atoms with Crippen LogP contribution in [0.3, 0.4) is 0 Å². The maximum absolute atomic E-state index is 10.9. The minimum absolute atomic E-state index is 0.0262. The van der Waals surface area contributed by atoms with Gasteiger partial charge >= 0.3 is 5.97 Å². The number of rotatable bonds is 3. The SMILES string of the molecule is Cc1ccc(N(C)S(=O)[O-])c(C(=O)O)c1. The van der Waals surface area contributed by atoms with Crippen LogP contribution in [0.15, 0.2) is 18.2 Å². The zero-order valence-corrected chi connectivity index (χ0v) is 9.08. The summed E-state index contributed by atoms with van der Waals surface area (Å²) in [6.07, 6.45) is 0. The van der Waals surface area contributed by atoms with E-state index in [0.29, 0.717) is 0 Å². The molecule has 1 aromatic carbocycles. The van der Waals surface area contributed by atoms with Crippen LogP contribution in [0.5, 0.6) is 0 Å². The van der Waals surface area contributed by atoms with E-state index in [1.54, 1.807) is 13.0 Å². The van der Waals surface area contributed by atoms with Crippen molar-refractivity contribution in [2.45, 2.75) is 6.92 Å². The number of anilines is 1. The maximum atomic E-state index is 10.9. The van der Waals surface area contributed by atoms with Crippen molar-refractivity contribution in [1.82, 2.24) is 0 Å². The minimum Gasteiger partial charge on any atom is -0.755 e. The standard InChI is InChI=1S/C9H11NO4S/c1-6-3-4-8(10(2)15(13)14)7(5-6)9(11)12/h3-5H,1-2H3,(H,11,12)(H,13,14)/p-1. The largest absolute Gasteiger partial charge is 0.755 e. The molecule has 0 aliphatic rings. The molecule has 0 fully saturated rings. The van der Waals surface area contributed by atoms with E-state index in [1.807, 2.05) is 0 Å². The maximum Gasteiger partial charge on any atom is 0.337 e. The van der Waals surface area contributed by atoms with Crippen molar-refractivity contribution in [3.05, 3.63) is 29.3 Å². The molecule has 15 heavy (non-hydrogen) atoms. The second-order valence-electron chi connectivity index (χ2n) is 3.04. The van der Waals surface area contributed by atoms with Crippen molar-refractivity contribution >= 4 is 22.9 Å². The van der Waals surface area contributed by atoms with Gasteiger partial charge in [0, 0.05) is 18.3 Å². The summed E-state index contributed by atoms with van der Waals surface area (Å²) in [6, 6.07) is 4.56. The van der Waals surface area contributed by atoms with Crippen LogP contribution in [0.1, 0.15) is 15.9 Å². The topological polar surface area (TPSA) is 80.7 Å². The average molecular weight is 228 g/mol. The number of carboxylic acids is 1. The molecule has 0 amide bonds. The Labute approximate surface area is 89.8 Å². The quantitative estimate of drug-likeness (QED) is 0.780. The van der Waals surface area contributed by atoms with Crippen LogP contribution in [0.4, 0.5) is 5.69 Å². The van der Waals surface area contributed by atoms with E-state index in [4.69, 9.17) is 5.11 Å². The van der Waals surface area contributed by atoms with E-state index in [-0.39, 0.29) is 11.3 Å². The molecule has 1 atom stereocenters. The van der Waals surface area contributed by atoms with Crippen molar-refractivity contribution in [2.24, 2.45) is 0 Å². The summed E-state index contributed by atoms with van der Waals surface area (Å²) in [4.78, 5) is 10.9. The van der Waals surface area contributed by atoms with Gasteiger partial charge in [-0.3, -0.25) is 4.21 Å². The van der Waals surface area contributed by atoms with Crippen molar-refractivity contribution in [2.75, 3.05) is 11.4 Å². The third-order valence-electron chi connectivity index (χ3n) is 1.95. The Morgan fingerprint density at radius 1 is 1.53 bits per heavy atom. The van der Waals surface area contributed by atoms with Gasteiger partial charge in [-0.05, 0) is 19.1 Å². The van der Waals surface area contributed by atoms with E-state index in [0.717, 1.165) is 9.87 Å². The molecule has 0 bridgehead atoms. The molecule has 0 saturated heterocycles. The van der Waals surface area contributed by atoms with Gasteiger partial charge in [-0.2, -0.15) is 0 Å². The van der Waals surface area contributed by atoms with Gasteiger partial charge in [-0.25, -0.2) is 4.79 Å². The molecule has 0 heterocycles. The van der Waals surface area contributed by atoms with Crippen LogP contribution in [0, 0.1) is 6.92 Å². The van der Waals surface area contributed by atoms with Gasteiger partial charge in [-0.15, -0.1) is 0 Å². The fourth-order valence-corrected chi connectivity index (χ4v) is 1.50. The van der Waals surface area contributed by atoms with Crippen molar-refractivity contribution in [3.63, 3.8) is 0 Å². The van der Waals surface area contributed by atoms with E-state index >= 15 is 0 Å². The summed E-state index contributed by atoms with van der Waals surface area (Å²) in [5, 5.41) is 8.89. The molecule has 5 nitrogen and oxygen atoms in total. The van der Waals surface area contributed by atoms with Crippen LogP contribution >= 0.6 is 0 Å². The van der Waals surface area contributed by atoms with Gasteiger partial charge in [0.2, 0.25) is 0 Å². The Bertz CT molecular complexity index is 419. The third kappa shape index (κ3) is 2.54. The summed E-state index contributed by atoms with van der Waals surface area (Å²) in [5.74, 6) is -1.15. The molecular formula is C9H10NO4S-. The van der Waals surface area contributed by atoms with Crippen LogP contribution in [0.2, 0.25) is 0 Å². The molecule has 1 unspecified atom stereocenters. The highest BCUT2D eigenvalue weighted by Crippen LogP contribution is 2.21. The van der Waals surface area contributed by atoms with Crippen LogP contribution in [-0.4, -0.2) is 26.9 Å². The van der Waals surface area contributed by atoms with Crippen LogP contribution in [0.25, 0.3) is 0 Å². The predicted octanol–water partition coefficient (Wildman–Crippen LogP) is 0.924. The molecule has 82 valence electrons. The molecule has 1 rings (SSSR count). The molecule has 0 aliphatic carbocycles. The van der Waals surface area contributed by atoms with Crippen LogP contribution < -0.4 is 4.31 Å². The van der Waals surface area contributed by atoms with Gasteiger partial charge < -0.3 is 14.0 Å². The summed E-state index contributed by atoms with van der Waals surface area (Å²) < 4.78 is 22.3. The number of carboxylic acid groups (broad SMARTS) is 1. The number of aryl methyl sites for hydroxylation is 1. The highest BCUT2D eigenvalue weighted by Gasteiger charge is 2.13. The van der Waals surface area contributed by atoms with Crippen molar-refractivity contribution in [3.8, 4) is 0 Å². The number of hydrogen-bond acceptors (Lipinski definition) is 3. The predicted molar refractivity (Wildman–Crippen MR) is 55.5 cm³/mol. The molecule has 1 N–H and O–H groups in total. The number of aromatic carboxylic acids is 1. The Morgan fingerprint density at radius 3 is 2.60 bits per heavy atom. The number of hydrogen-bond donors (Lipinski definition) is 1. The Hall–Kier alpha value is -1.40. The van der Waals surface area contributed by atoms with E-state index in [9.17, 15) is 13.6 Å². The first-order valence-corrected chi connectivity index (χ1v) is 5.13. The lowest BCUT2D eigenvalue weighted by Gasteiger charge is -2.22. The van der Waals surface area contributed by atoms with Gasteiger partial charge in [0.05, 0.1) is 11.3 Å². The van der Waals surface area contributed by atoms with Gasteiger partial charge in [0.15, 0.2) is 0 Å². The number of nitrogens with zero attached hydrogens (tertiary/aromatic N) is 1. The first-order valence-electron chi connectivity index (χ1n) is 4.10. The molecule has 1 aromatic rings. The third-order valence-corrected chi connectivity index (χ3v) is 2.59. The lowest BCUT2D eigenvalue weighted by molar-refractivity contribution is 0.0697. The van der Waals surface area contributed by atoms with E-state index in [2.05, 4.69) is 0 Å². The van der Waals surface area contributed by atoms with Gasteiger partial charge in [0.25, 0.3) is 0 Å². The molecule has 0 spiro atoms. The highest BCUT2D eigenvalue weighted by atomic mass is 32.2. The fraction of sp³-hybridized carbons (Fsp3) is 0.222. The molecule has 6 heteroatoms. The van der Waals surface area contributed by atoms with Crippen molar-refractivity contribution < 1.29 is 18.7 Å². The summed E-state index contributed by atoms with van der Waals surface area (Å²) in [5.41, 5.74) is 0.893. The first kappa shape index (κ1) is 11.7. The molecule has 0 aromatic heterocycles. The van der Waals surface area contributed by atoms with Crippen LogP contribution in [-0.2, 0) is 11.3 Å². The Balaban J connectivity index is 3.28. The van der Waals surface area contributed by atoms with Gasteiger partial charge in [0.1, 0.15) is 0 Å². The zero-order valence-electron chi connectivity index (χ0n) is 8.26. The normalized spacial score (nSPS) is 12.2. The van der Waals surface area contributed by atoms with Crippen molar-refractivity contribution in [1.29, 1.82) is 0 Å². The average Bonchev–Trinajstić information content (AvgIpc) is 2.16. The lowest BCUT2D eigenvalue weighted by atomic mass is 10.1. The molecule has 0 saturated carbocycles. The summed E-state index contributed by atoms with van der Waals surface area (Å²) >= 11 is -2.47. The molecule has 0 radical (unpaired) electrons.